The molecular weight excluding hydrogens is 250 g/mol. The largest absolute Gasteiger partial charge is 0.506 e. The first kappa shape index (κ1) is 12.4. The highest BCUT2D eigenvalue weighted by atomic mass is 16.3. The number of phenolic OH excluding ortho intramolecular Hbond substituents is 1. The van der Waals surface area contributed by atoms with Crippen LogP contribution in [0.25, 0.3) is 23.1 Å². The van der Waals surface area contributed by atoms with Gasteiger partial charge in [-0.2, -0.15) is 5.10 Å². The topological polar surface area (TPSA) is 61.8 Å². The Kier molecular flexibility index (Phi) is 2.99. The number of H-pyrrole nitrogens is 1. The number of fused-ring (bicyclic) bond motifs is 1. The number of nitrogens with one attached hydrogen (secondary N) is 1. The van der Waals surface area contributed by atoms with E-state index in [1.165, 1.54) is 0 Å². The van der Waals surface area contributed by atoms with E-state index in [1.54, 1.807) is 6.07 Å². The van der Waals surface area contributed by atoms with Gasteiger partial charge in [-0.3, -0.25) is 5.10 Å². The Hall–Kier alpha value is -2.62. The monoisotopic (exact) mass is 265 g/mol. The quantitative estimate of drug-likeness (QED) is 0.746. The number of phenols is 1. The smallest absolute Gasteiger partial charge is 0.141 e. The molecule has 0 radical (unpaired) electrons. The molecule has 20 heavy (non-hydrogen) atoms. The number of nitrogens with zero attached hydrogens (tertiary/aromatic N) is 2. The van der Waals surface area contributed by atoms with Gasteiger partial charge in [-0.05, 0) is 38.1 Å². The molecule has 0 saturated heterocycles. The van der Waals surface area contributed by atoms with Gasteiger partial charge < -0.3 is 5.11 Å². The Morgan fingerprint density at radius 1 is 1.10 bits per heavy atom. The highest BCUT2D eigenvalue weighted by Crippen LogP contribution is 2.23. The summed E-state index contributed by atoms with van der Waals surface area (Å²) in [6.45, 7) is 3.95. The molecule has 1 aromatic carbocycles. The van der Waals surface area contributed by atoms with E-state index in [2.05, 4.69) is 15.2 Å². The van der Waals surface area contributed by atoms with Crippen LogP contribution in [0.1, 0.15) is 22.6 Å². The number of pyridine rings is 1. The van der Waals surface area contributed by atoms with Crippen molar-refractivity contribution in [2.24, 2.45) is 0 Å². The van der Waals surface area contributed by atoms with Gasteiger partial charge in [0, 0.05) is 16.6 Å². The van der Waals surface area contributed by atoms with Crippen LogP contribution in [-0.4, -0.2) is 20.3 Å². The molecule has 0 fully saturated rings. The molecule has 2 N–H and O–H groups in total. The summed E-state index contributed by atoms with van der Waals surface area (Å²) in [7, 11) is 0. The zero-order valence-corrected chi connectivity index (χ0v) is 11.4. The van der Waals surface area contributed by atoms with Crippen LogP contribution in [0, 0.1) is 13.8 Å². The molecule has 2 heterocycles. The predicted molar refractivity (Wildman–Crippen MR) is 80.4 cm³/mol. The van der Waals surface area contributed by atoms with Crippen LogP contribution in [0.2, 0.25) is 0 Å². The van der Waals surface area contributed by atoms with Crippen molar-refractivity contribution < 1.29 is 5.11 Å². The first-order chi connectivity index (χ1) is 9.65. The Labute approximate surface area is 116 Å². The normalized spacial score (nSPS) is 11.5. The highest BCUT2D eigenvalue weighted by Gasteiger charge is 2.03. The third-order valence-corrected chi connectivity index (χ3v) is 3.33. The molecule has 100 valence electrons. The Morgan fingerprint density at radius 2 is 1.95 bits per heavy atom. The van der Waals surface area contributed by atoms with Gasteiger partial charge in [-0.15, -0.1) is 0 Å². The van der Waals surface area contributed by atoms with Gasteiger partial charge in [0.2, 0.25) is 0 Å². The summed E-state index contributed by atoms with van der Waals surface area (Å²) in [5.74, 6) is 0.202. The number of aromatic amines is 1. The van der Waals surface area contributed by atoms with Gasteiger partial charge in [0.05, 0.1) is 11.4 Å². The lowest BCUT2D eigenvalue weighted by Gasteiger charge is -2.01. The molecule has 4 nitrogen and oxygen atoms in total. The van der Waals surface area contributed by atoms with Gasteiger partial charge in [0.15, 0.2) is 0 Å². The minimum atomic E-state index is 0.202. The van der Waals surface area contributed by atoms with Gasteiger partial charge >= 0.3 is 0 Å². The molecule has 0 atom stereocenters. The first-order valence-corrected chi connectivity index (χ1v) is 6.43. The van der Waals surface area contributed by atoms with Crippen molar-refractivity contribution in [3.8, 4) is 5.75 Å². The number of aromatic hydroxyl groups is 1. The molecule has 0 spiro atoms. The lowest BCUT2D eigenvalue weighted by atomic mass is 10.1. The van der Waals surface area contributed by atoms with E-state index in [0.717, 1.165) is 28.0 Å². The van der Waals surface area contributed by atoms with Crippen molar-refractivity contribution in [3.05, 3.63) is 53.0 Å². The molecule has 0 unspecified atom stereocenters. The number of benzene rings is 1. The Morgan fingerprint density at radius 3 is 2.70 bits per heavy atom. The molecule has 0 bridgehead atoms. The SMILES string of the molecule is Cc1n[nH]c(C)c1C=Cc1ccc2cccc(O)c2n1. The summed E-state index contributed by atoms with van der Waals surface area (Å²) in [4.78, 5) is 4.47. The summed E-state index contributed by atoms with van der Waals surface area (Å²) >= 11 is 0. The molecule has 3 aromatic rings. The van der Waals surface area contributed by atoms with Crippen LogP contribution < -0.4 is 0 Å². The van der Waals surface area contributed by atoms with E-state index in [-0.39, 0.29) is 5.75 Å². The second-order valence-corrected chi connectivity index (χ2v) is 4.77. The van der Waals surface area contributed by atoms with Crippen LogP contribution in [0.15, 0.2) is 30.3 Å². The lowest BCUT2D eigenvalue weighted by molar-refractivity contribution is 0.480. The summed E-state index contributed by atoms with van der Waals surface area (Å²) in [6, 6.07) is 9.28. The number of hydrogen-bond donors (Lipinski definition) is 2. The number of hydrogen-bond acceptors (Lipinski definition) is 3. The maximum atomic E-state index is 9.83. The molecule has 0 amide bonds. The minimum absolute atomic E-state index is 0.202. The Balaban J connectivity index is 2.01. The number of rotatable bonds is 2. The van der Waals surface area contributed by atoms with Crippen molar-refractivity contribution in [1.29, 1.82) is 0 Å². The van der Waals surface area contributed by atoms with E-state index in [9.17, 15) is 5.11 Å². The van der Waals surface area contributed by atoms with E-state index >= 15 is 0 Å². The van der Waals surface area contributed by atoms with Gasteiger partial charge in [0.1, 0.15) is 11.3 Å². The Bertz CT molecular complexity index is 783. The van der Waals surface area contributed by atoms with E-state index in [0.29, 0.717) is 5.52 Å². The van der Waals surface area contributed by atoms with Crippen molar-refractivity contribution >= 4 is 23.1 Å². The third kappa shape index (κ3) is 2.16. The third-order valence-electron chi connectivity index (χ3n) is 3.33. The second kappa shape index (κ2) is 4.81. The number of aromatic nitrogens is 3. The fourth-order valence-electron chi connectivity index (χ4n) is 2.21. The molecule has 0 aliphatic carbocycles. The number of aryl methyl sites for hydroxylation is 2. The molecule has 4 heteroatoms. The van der Waals surface area contributed by atoms with Crippen molar-refractivity contribution in [1.82, 2.24) is 15.2 Å². The van der Waals surface area contributed by atoms with Crippen molar-refractivity contribution in [3.63, 3.8) is 0 Å². The summed E-state index contributed by atoms with van der Waals surface area (Å²) in [5, 5.41) is 17.9. The average molecular weight is 265 g/mol. The molecular formula is C16H15N3O. The van der Waals surface area contributed by atoms with Crippen LogP contribution in [0.5, 0.6) is 5.75 Å². The second-order valence-electron chi connectivity index (χ2n) is 4.77. The minimum Gasteiger partial charge on any atom is -0.506 e. The maximum absolute atomic E-state index is 9.83. The van der Waals surface area contributed by atoms with Gasteiger partial charge in [-0.25, -0.2) is 4.98 Å². The van der Waals surface area contributed by atoms with Crippen LogP contribution in [0.3, 0.4) is 0 Å². The zero-order valence-electron chi connectivity index (χ0n) is 11.4. The van der Waals surface area contributed by atoms with Crippen LogP contribution in [0.4, 0.5) is 0 Å². The van der Waals surface area contributed by atoms with Gasteiger partial charge in [0.25, 0.3) is 0 Å². The maximum Gasteiger partial charge on any atom is 0.141 e. The fraction of sp³-hybridized carbons (Fsp3) is 0.125. The van der Waals surface area contributed by atoms with Gasteiger partial charge in [-0.1, -0.05) is 18.2 Å². The molecule has 0 saturated carbocycles. The standard InChI is InChI=1S/C16H15N3O/c1-10-14(11(2)19-18-10)9-8-13-7-6-12-4-3-5-15(20)16(12)17-13/h3-9,20H,1-2H3,(H,18,19). The summed E-state index contributed by atoms with van der Waals surface area (Å²) in [5.41, 5.74) is 4.49. The zero-order chi connectivity index (χ0) is 14.1. The van der Waals surface area contributed by atoms with Crippen LogP contribution in [-0.2, 0) is 0 Å². The van der Waals surface area contributed by atoms with Crippen molar-refractivity contribution in [2.75, 3.05) is 0 Å². The average Bonchev–Trinajstić information content (AvgIpc) is 2.76. The molecule has 2 aromatic heterocycles. The molecule has 0 aliphatic heterocycles. The highest BCUT2D eigenvalue weighted by molar-refractivity contribution is 5.85. The number of para-hydroxylation sites is 1. The lowest BCUT2D eigenvalue weighted by Crippen LogP contribution is -1.84. The van der Waals surface area contributed by atoms with Crippen molar-refractivity contribution in [2.45, 2.75) is 13.8 Å². The van der Waals surface area contributed by atoms with E-state index in [4.69, 9.17) is 0 Å². The fourth-order valence-corrected chi connectivity index (χ4v) is 2.21. The van der Waals surface area contributed by atoms with Crippen LogP contribution >= 0.6 is 0 Å². The van der Waals surface area contributed by atoms with E-state index < -0.39 is 0 Å². The predicted octanol–water partition coefficient (Wildman–Crippen LogP) is 3.45. The summed E-state index contributed by atoms with van der Waals surface area (Å²) in [6.07, 6.45) is 3.92. The molecule has 3 rings (SSSR count). The molecule has 0 aliphatic rings. The van der Waals surface area contributed by atoms with E-state index in [1.807, 2.05) is 50.3 Å². The first-order valence-electron chi connectivity index (χ1n) is 6.43. The summed E-state index contributed by atoms with van der Waals surface area (Å²) < 4.78 is 0.